The molecular formula is C20H18N4O4. The van der Waals surface area contributed by atoms with Gasteiger partial charge < -0.3 is 15.0 Å². The Morgan fingerprint density at radius 1 is 1.11 bits per heavy atom. The molecule has 0 aliphatic carbocycles. The smallest absolute Gasteiger partial charge is 0.329 e. The Balaban J connectivity index is 1.60. The van der Waals surface area contributed by atoms with Crippen LogP contribution in [0.1, 0.15) is 12.5 Å². The number of nitrogens with one attached hydrogen (secondary N) is 3. The summed E-state index contributed by atoms with van der Waals surface area (Å²) in [6.45, 7) is 2.40. The first-order valence-corrected chi connectivity index (χ1v) is 8.56. The van der Waals surface area contributed by atoms with E-state index in [1.807, 2.05) is 25.1 Å². The SMILES string of the molecule is CCOc1ccc(NC(=O)C(=O)N/N=C\c2cc3ccccc3[nH]c2=O)cc1. The molecule has 0 saturated carbocycles. The van der Waals surface area contributed by atoms with Crippen LogP contribution < -0.4 is 21.0 Å². The maximum absolute atomic E-state index is 12.0. The van der Waals surface area contributed by atoms with Gasteiger partial charge in [0.05, 0.1) is 18.4 Å². The highest BCUT2D eigenvalue weighted by Gasteiger charge is 2.13. The van der Waals surface area contributed by atoms with Gasteiger partial charge in [0.1, 0.15) is 5.75 Å². The van der Waals surface area contributed by atoms with E-state index in [1.165, 1.54) is 6.21 Å². The number of rotatable bonds is 5. The first kappa shape index (κ1) is 18.8. The lowest BCUT2D eigenvalue weighted by molar-refractivity contribution is -0.136. The van der Waals surface area contributed by atoms with E-state index in [-0.39, 0.29) is 11.1 Å². The molecule has 0 fully saturated rings. The van der Waals surface area contributed by atoms with Gasteiger partial charge in [-0.05, 0) is 48.7 Å². The summed E-state index contributed by atoms with van der Waals surface area (Å²) < 4.78 is 5.31. The van der Waals surface area contributed by atoms with E-state index in [0.29, 0.717) is 23.6 Å². The van der Waals surface area contributed by atoms with E-state index in [0.717, 1.165) is 5.39 Å². The molecule has 3 N–H and O–H groups in total. The number of hydrogen-bond donors (Lipinski definition) is 3. The summed E-state index contributed by atoms with van der Waals surface area (Å²) in [5.74, 6) is -1.17. The number of ether oxygens (including phenoxy) is 1. The van der Waals surface area contributed by atoms with Gasteiger partial charge in [0.15, 0.2) is 0 Å². The molecule has 2 amide bonds. The first-order valence-electron chi connectivity index (χ1n) is 8.56. The molecule has 0 bridgehead atoms. The van der Waals surface area contributed by atoms with Crippen LogP contribution in [0.3, 0.4) is 0 Å². The van der Waals surface area contributed by atoms with Gasteiger partial charge in [0, 0.05) is 11.2 Å². The van der Waals surface area contributed by atoms with Crippen LogP contribution in [0.2, 0.25) is 0 Å². The molecule has 28 heavy (non-hydrogen) atoms. The standard InChI is InChI=1S/C20H18N4O4/c1-2-28-16-9-7-15(8-10-16)22-19(26)20(27)24-21-12-14-11-13-5-3-4-6-17(13)23-18(14)25/h3-12H,2H2,1H3,(H,22,26)(H,23,25)(H,24,27)/b21-12-. The van der Waals surface area contributed by atoms with Gasteiger partial charge in [-0.3, -0.25) is 14.4 Å². The number of carbonyl (C=O) groups is 2. The second-order valence-electron chi connectivity index (χ2n) is 5.75. The Hall–Kier alpha value is -3.94. The number of anilines is 1. The topological polar surface area (TPSA) is 113 Å². The first-order chi connectivity index (χ1) is 13.6. The predicted molar refractivity (Wildman–Crippen MR) is 107 cm³/mol. The Kier molecular flexibility index (Phi) is 5.81. The molecule has 3 aromatic rings. The number of aromatic amines is 1. The summed E-state index contributed by atoms with van der Waals surface area (Å²) in [5, 5.41) is 6.95. The zero-order valence-corrected chi connectivity index (χ0v) is 15.1. The number of benzene rings is 2. The summed E-state index contributed by atoms with van der Waals surface area (Å²) in [6, 6.07) is 15.5. The van der Waals surface area contributed by atoms with Crippen LogP contribution in [0.15, 0.2) is 64.5 Å². The van der Waals surface area contributed by atoms with Crippen LogP contribution in [0.25, 0.3) is 10.9 Å². The van der Waals surface area contributed by atoms with Crippen molar-refractivity contribution >= 4 is 34.6 Å². The summed E-state index contributed by atoms with van der Waals surface area (Å²) in [7, 11) is 0. The number of aromatic nitrogens is 1. The fourth-order valence-corrected chi connectivity index (χ4v) is 2.46. The van der Waals surface area contributed by atoms with Gasteiger partial charge in [0.25, 0.3) is 5.56 Å². The van der Waals surface area contributed by atoms with Crippen molar-refractivity contribution in [1.82, 2.24) is 10.4 Å². The van der Waals surface area contributed by atoms with Crippen LogP contribution in [0, 0.1) is 0 Å². The molecule has 2 aromatic carbocycles. The average molecular weight is 378 g/mol. The van der Waals surface area contributed by atoms with Gasteiger partial charge in [-0.2, -0.15) is 5.10 Å². The van der Waals surface area contributed by atoms with Crippen LogP contribution in [0.4, 0.5) is 5.69 Å². The minimum atomic E-state index is -0.956. The van der Waals surface area contributed by atoms with Crippen LogP contribution in [0.5, 0.6) is 5.75 Å². The van der Waals surface area contributed by atoms with Gasteiger partial charge in [-0.25, -0.2) is 5.43 Å². The number of hydrazone groups is 1. The molecular weight excluding hydrogens is 360 g/mol. The Morgan fingerprint density at radius 3 is 2.61 bits per heavy atom. The highest BCUT2D eigenvalue weighted by Crippen LogP contribution is 2.15. The van der Waals surface area contributed by atoms with Crippen LogP contribution in [-0.2, 0) is 9.59 Å². The third kappa shape index (κ3) is 4.61. The maximum atomic E-state index is 12.0. The van der Waals surface area contributed by atoms with Crippen molar-refractivity contribution in [2.45, 2.75) is 6.92 Å². The van der Waals surface area contributed by atoms with E-state index in [9.17, 15) is 14.4 Å². The zero-order chi connectivity index (χ0) is 19.9. The molecule has 142 valence electrons. The lowest BCUT2D eigenvalue weighted by Gasteiger charge is -2.06. The number of fused-ring (bicyclic) bond motifs is 1. The third-order valence-electron chi connectivity index (χ3n) is 3.78. The molecule has 8 heteroatoms. The molecule has 1 aromatic heterocycles. The Labute approximate surface area is 160 Å². The summed E-state index contributed by atoms with van der Waals surface area (Å²) in [5.41, 5.74) is 3.14. The molecule has 0 radical (unpaired) electrons. The largest absolute Gasteiger partial charge is 0.494 e. The van der Waals surface area contributed by atoms with Crippen molar-refractivity contribution in [3.05, 3.63) is 70.5 Å². The molecule has 0 spiro atoms. The highest BCUT2D eigenvalue weighted by molar-refractivity contribution is 6.39. The normalized spacial score (nSPS) is 10.8. The molecule has 0 saturated heterocycles. The van der Waals surface area contributed by atoms with Crippen molar-refractivity contribution in [1.29, 1.82) is 0 Å². The summed E-state index contributed by atoms with van der Waals surface area (Å²) in [6.07, 6.45) is 1.19. The summed E-state index contributed by atoms with van der Waals surface area (Å²) >= 11 is 0. The van der Waals surface area contributed by atoms with Gasteiger partial charge in [-0.15, -0.1) is 0 Å². The quantitative estimate of drug-likeness (QED) is 0.358. The minimum Gasteiger partial charge on any atom is -0.494 e. The van der Waals surface area contributed by atoms with E-state index in [1.54, 1.807) is 36.4 Å². The fourth-order valence-electron chi connectivity index (χ4n) is 2.46. The lowest BCUT2D eigenvalue weighted by Crippen LogP contribution is -2.32. The van der Waals surface area contributed by atoms with E-state index < -0.39 is 11.8 Å². The average Bonchev–Trinajstić information content (AvgIpc) is 2.70. The maximum Gasteiger partial charge on any atom is 0.329 e. The lowest BCUT2D eigenvalue weighted by atomic mass is 10.2. The second-order valence-corrected chi connectivity index (χ2v) is 5.75. The zero-order valence-electron chi connectivity index (χ0n) is 15.1. The number of para-hydroxylation sites is 1. The molecule has 1 heterocycles. The van der Waals surface area contributed by atoms with Gasteiger partial charge in [0.2, 0.25) is 0 Å². The number of pyridine rings is 1. The van der Waals surface area contributed by atoms with Crippen molar-refractivity contribution in [3.8, 4) is 5.75 Å². The Bertz CT molecular complexity index is 1090. The van der Waals surface area contributed by atoms with Crippen molar-refractivity contribution < 1.29 is 14.3 Å². The monoisotopic (exact) mass is 378 g/mol. The van der Waals surface area contributed by atoms with Crippen molar-refractivity contribution in [2.24, 2.45) is 5.10 Å². The highest BCUT2D eigenvalue weighted by atomic mass is 16.5. The third-order valence-corrected chi connectivity index (χ3v) is 3.78. The van der Waals surface area contributed by atoms with Crippen LogP contribution in [-0.4, -0.2) is 29.6 Å². The van der Waals surface area contributed by atoms with Crippen molar-refractivity contribution in [3.63, 3.8) is 0 Å². The minimum absolute atomic E-state index is 0.255. The molecule has 0 atom stereocenters. The van der Waals surface area contributed by atoms with E-state index in [2.05, 4.69) is 20.8 Å². The molecule has 0 aliphatic heterocycles. The molecule has 3 rings (SSSR count). The number of H-pyrrole nitrogens is 1. The number of carbonyl (C=O) groups excluding carboxylic acids is 2. The Morgan fingerprint density at radius 2 is 1.86 bits per heavy atom. The molecule has 8 nitrogen and oxygen atoms in total. The number of hydrogen-bond acceptors (Lipinski definition) is 5. The van der Waals surface area contributed by atoms with E-state index >= 15 is 0 Å². The number of nitrogens with zero attached hydrogens (tertiary/aromatic N) is 1. The fraction of sp³-hybridized carbons (Fsp3) is 0.100. The predicted octanol–water partition coefficient (Wildman–Crippen LogP) is 2.02. The van der Waals surface area contributed by atoms with Crippen LogP contribution >= 0.6 is 0 Å². The number of amides is 2. The molecule has 0 unspecified atom stereocenters. The van der Waals surface area contributed by atoms with E-state index in [4.69, 9.17) is 4.74 Å². The summed E-state index contributed by atoms with van der Waals surface area (Å²) in [4.78, 5) is 38.5. The van der Waals surface area contributed by atoms with Gasteiger partial charge >= 0.3 is 11.8 Å². The van der Waals surface area contributed by atoms with Crippen molar-refractivity contribution in [2.75, 3.05) is 11.9 Å². The van der Waals surface area contributed by atoms with Gasteiger partial charge in [-0.1, -0.05) is 18.2 Å². The second kappa shape index (κ2) is 8.63. The molecule has 0 aliphatic rings.